The van der Waals surface area contributed by atoms with Gasteiger partial charge in [0.05, 0.1) is 0 Å². The van der Waals surface area contributed by atoms with Crippen LogP contribution in [0, 0.1) is 0 Å². The maximum Gasteiger partial charge on any atom is 0.223 e. The molecule has 1 aliphatic rings. The summed E-state index contributed by atoms with van der Waals surface area (Å²) < 4.78 is 0. The third kappa shape index (κ3) is 2.94. The lowest BCUT2D eigenvalue weighted by atomic mass is 10.1. The molecule has 0 atom stereocenters. The molecule has 1 heterocycles. The van der Waals surface area contributed by atoms with Crippen molar-refractivity contribution in [1.82, 2.24) is 9.97 Å². The molecule has 1 aromatic rings. The van der Waals surface area contributed by atoms with Crippen LogP contribution in [0.5, 0.6) is 0 Å². The fourth-order valence-corrected chi connectivity index (χ4v) is 1.67. The Hall–Kier alpha value is -1.12. The summed E-state index contributed by atoms with van der Waals surface area (Å²) in [6, 6.07) is 2.77. The Labute approximate surface area is 97.7 Å². The molecule has 3 heteroatoms. The molecule has 1 N–H and O–H groups in total. The van der Waals surface area contributed by atoms with Crippen molar-refractivity contribution in [3.63, 3.8) is 0 Å². The first-order valence-electron chi connectivity index (χ1n) is 6.33. The maximum atomic E-state index is 4.57. The third-order valence-corrected chi connectivity index (χ3v) is 2.81. The Balaban J connectivity index is 2.20. The molecule has 2 rings (SSSR count). The second-order valence-electron chi connectivity index (χ2n) is 4.93. The molecule has 1 fully saturated rings. The molecule has 3 nitrogen and oxygen atoms in total. The predicted molar refractivity (Wildman–Crippen MR) is 66.8 cm³/mol. The zero-order valence-electron chi connectivity index (χ0n) is 10.5. The molecule has 1 aliphatic carbocycles. The summed E-state index contributed by atoms with van der Waals surface area (Å²) in [5.74, 6) is 1.30. The minimum Gasteiger partial charge on any atom is -0.351 e. The van der Waals surface area contributed by atoms with Gasteiger partial charge >= 0.3 is 0 Å². The minimum atomic E-state index is 0.471. The number of nitrogens with one attached hydrogen (secondary N) is 1. The Bertz CT molecular complexity index is 356. The normalized spacial score (nSPS) is 15.5. The summed E-state index contributed by atoms with van der Waals surface area (Å²) in [6.07, 6.45) is 4.70. The van der Waals surface area contributed by atoms with Gasteiger partial charge in [0.15, 0.2) is 0 Å². The molecule has 0 saturated heterocycles. The van der Waals surface area contributed by atoms with E-state index in [2.05, 4.69) is 42.1 Å². The Morgan fingerprint density at radius 3 is 2.69 bits per heavy atom. The first-order valence-corrected chi connectivity index (χ1v) is 6.33. The van der Waals surface area contributed by atoms with Crippen molar-refractivity contribution in [3.05, 3.63) is 17.5 Å². The first kappa shape index (κ1) is 11.4. The largest absolute Gasteiger partial charge is 0.351 e. The Morgan fingerprint density at radius 1 is 1.38 bits per heavy atom. The molecule has 1 aromatic heterocycles. The topological polar surface area (TPSA) is 37.8 Å². The highest BCUT2D eigenvalue weighted by Gasteiger charge is 2.22. The van der Waals surface area contributed by atoms with Gasteiger partial charge in [-0.15, -0.1) is 0 Å². The lowest BCUT2D eigenvalue weighted by molar-refractivity contribution is 0.790. The van der Waals surface area contributed by atoms with E-state index in [0.717, 1.165) is 24.5 Å². The second-order valence-corrected chi connectivity index (χ2v) is 4.93. The summed E-state index contributed by atoms with van der Waals surface area (Å²) in [5.41, 5.74) is 2.32. The summed E-state index contributed by atoms with van der Waals surface area (Å²) in [6.45, 7) is 6.54. The molecule has 1 saturated carbocycles. The van der Waals surface area contributed by atoms with E-state index >= 15 is 0 Å². The molecule has 0 radical (unpaired) electrons. The Morgan fingerprint density at radius 2 is 2.12 bits per heavy atom. The van der Waals surface area contributed by atoms with Crippen LogP contribution < -0.4 is 5.32 Å². The van der Waals surface area contributed by atoms with E-state index in [-0.39, 0.29) is 0 Å². The van der Waals surface area contributed by atoms with Crippen LogP contribution in [0.3, 0.4) is 0 Å². The van der Waals surface area contributed by atoms with Crippen molar-refractivity contribution in [2.45, 2.75) is 58.4 Å². The highest BCUT2D eigenvalue weighted by molar-refractivity contribution is 5.32. The molecule has 0 amide bonds. The quantitative estimate of drug-likeness (QED) is 0.826. The van der Waals surface area contributed by atoms with Crippen molar-refractivity contribution in [1.29, 1.82) is 0 Å². The van der Waals surface area contributed by atoms with Gasteiger partial charge in [-0.05, 0) is 31.2 Å². The number of rotatable bonds is 5. The molecule has 88 valence electrons. The molecule has 0 spiro atoms. The fraction of sp³-hybridized carbons (Fsp3) is 0.692. The van der Waals surface area contributed by atoms with Crippen LogP contribution in [0.1, 0.15) is 57.3 Å². The van der Waals surface area contributed by atoms with Crippen LogP contribution in [0.4, 0.5) is 5.95 Å². The predicted octanol–water partition coefficient (Wildman–Crippen LogP) is 3.13. The van der Waals surface area contributed by atoms with Gasteiger partial charge in [0, 0.05) is 17.4 Å². The summed E-state index contributed by atoms with van der Waals surface area (Å²) >= 11 is 0. The number of anilines is 1. The second kappa shape index (κ2) is 4.81. The van der Waals surface area contributed by atoms with Crippen LogP contribution in [0.2, 0.25) is 0 Å². The zero-order chi connectivity index (χ0) is 11.5. The molecule has 0 bridgehead atoms. The number of nitrogens with zero attached hydrogens (tertiary/aromatic N) is 2. The van der Waals surface area contributed by atoms with E-state index in [1.807, 2.05) is 0 Å². The average molecular weight is 219 g/mol. The van der Waals surface area contributed by atoms with Gasteiger partial charge in [-0.1, -0.05) is 27.2 Å². The number of hydrogen-bond donors (Lipinski definition) is 1. The van der Waals surface area contributed by atoms with E-state index in [0.29, 0.717) is 12.0 Å². The molecule has 0 unspecified atom stereocenters. The zero-order valence-corrected chi connectivity index (χ0v) is 10.5. The third-order valence-electron chi connectivity index (χ3n) is 2.81. The first-order chi connectivity index (χ1) is 7.69. The van der Waals surface area contributed by atoms with E-state index < -0.39 is 0 Å². The molecule has 0 aliphatic heterocycles. The lowest BCUT2D eigenvalue weighted by Crippen LogP contribution is -2.09. The van der Waals surface area contributed by atoms with Gasteiger partial charge in [-0.2, -0.15) is 0 Å². The van der Waals surface area contributed by atoms with Crippen molar-refractivity contribution >= 4 is 5.95 Å². The molecule has 16 heavy (non-hydrogen) atoms. The standard InChI is InChI=1S/C13H21N3/c1-4-5-11-8-12(9(2)3)16-13(15-11)14-10-6-7-10/h8-10H,4-7H2,1-3H3,(H,14,15,16). The van der Waals surface area contributed by atoms with E-state index in [1.54, 1.807) is 0 Å². The van der Waals surface area contributed by atoms with Gasteiger partial charge in [0.2, 0.25) is 5.95 Å². The van der Waals surface area contributed by atoms with Crippen molar-refractivity contribution in [2.24, 2.45) is 0 Å². The molecular weight excluding hydrogens is 198 g/mol. The summed E-state index contributed by atoms with van der Waals surface area (Å²) in [5, 5.41) is 3.39. The summed E-state index contributed by atoms with van der Waals surface area (Å²) in [7, 11) is 0. The number of aromatic nitrogens is 2. The monoisotopic (exact) mass is 219 g/mol. The van der Waals surface area contributed by atoms with E-state index in [1.165, 1.54) is 18.5 Å². The fourth-order valence-electron chi connectivity index (χ4n) is 1.67. The minimum absolute atomic E-state index is 0.471. The molecular formula is C13H21N3. The van der Waals surface area contributed by atoms with Crippen LogP contribution in [-0.2, 0) is 6.42 Å². The number of hydrogen-bond acceptors (Lipinski definition) is 3. The van der Waals surface area contributed by atoms with Gasteiger partial charge in [0.25, 0.3) is 0 Å². The highest BCUT2D eigenvalue weighted by atomic mass is 15.1. The summed E-state index contributed by atoms with van der Waals surface area (Å²) in [4.78, 5) is 9.14. The van der Waals surface area contributed by atoms with Gasteiger partial charge in [-0.3, -0.25) is 0 Å². The smallest absolute Gasteiger partial charge is 0.223 e. The van der Waals surface area contributed by atoms with Crippen molar-refractivity contribution in [3.8, 4) is 0 Å². The van der Waals surface area contributed by atoms with Gasteiger partial charge in [0.1, 0.15) is 0 Å². The van der Waals surface area contributed by atoms with E-state index in [4.69, 9.17) is 0 Å². The van der Waals surface area contributed by atoms with Crippen molar-refractivity contribution < 1.29 is 0 Å². The lowest BCUT2D eigenvalue weighted by Gasteiger charge is -2.10. The number of aryl methyl sites for hydroxylation is 1. The Kier molecular flexibility index (Phi) is 3.42. The van der Waals surface area contributed by atoms with Crippen LogP contribution in [-0.4, -0.2) is 16.0 Å². The van der Waals surface area contributed by atoms with Crippen LogP contribution >= 0.6 is 0 Å². The SMILES string of the molecule is CCCc1cc(C(C)C)nc(NC2CC2)n1. The van der Waals surface area contributed by atoms with Crippen LogP contribution in [0.25, 0.3) is 0 Å². The van der Waals surface area contributed by atoms with Crippen LogP contribution in [0.15, 0.2) is 6.07 Å². The average Bonchev–Trinajstić information content (AvgIpc) is 3.01. The molecule has 0 aromatic carbocycles. The van der Waals surface area contributed by atoms with Gasteiger partial charge in [-0.25, -0.2) is 9.97 Å². The maximum absolute atomic E-state index is 4.57. The van der Waals surface area contributed by atoms with Crippen molar-refractivity contribution in [2.75, 3.05) is 5.32 Å². The highest BCUT2D eigenvalue weighted by Crippen LogP contribution is 2.24. The van der Waals surface area contributed by atoms with E-state index in [9.17, 15) is 0 Å². The van der Waals surface area contributed by atoms with Gasteiger partial charge < -0.3 is 5.32 Å².